The molecule has 0 atom stereocenters. The van der Waals surface area contributed by atoms with Gasteiger partial charge in [0.1, 0.15) is 40.9 Å². The predicted molar refractivity (Wildman–Crippen MR) is 99.3 cm³/mol. The lowest BCUT2D eigenvalue weighted by Gasteiger charge is -2.14. The van der Waals surface area contributed by atoms with Crippen LogP contribution >= 0.6 is 0 Å². The lowest BCUT2D eigenvalue weighted by Crippen LogP contribution is -2.13. The molecule has 7 nitrogen and oxygen atoms in total. The molecular formula is C18H15F6N7. The van der Waals surface area contributed by atoms with E-state index < -0.39 is 23.7 Å². The van der Waals surface area contributed by atoms with Crippen molar-refractivity contribution < 1.29 is 26.3 Å². The Hall–Kier alpha value is -3.51. The van der Waals surface area contributed by atoms with Crippen LogP contribution in [0.15, 0.2) is 36.7 Å². The van der Waals surface area contributed by atoms with Crippen molar-refractivity contribution >= 4 is 17.5 Å². The second-order valence-electron chi connectivity index (χ2n) is 6.58. The van der Waals surface area contributed by atoms with Crippen molar-refractivity contribution in [1.29, 1.82) is 0 Å². The largest absolute Gasteiger partial charge is 0.433 e. The third kappa shape index (κ3) is 5.77. The topological polar surface area (TPSA) is 88.5 Å². The highest BCUT2D eigenvalue weighted by molar-refractivity contribution is 5.62. The van der Waals surface area contributed by atoms with Crippen molar-refractivity contribution in [3.05, 3.63) is 48.0 Å². The van der Waals surface area contributed by atoms with Gasteiger partial charge in [-0.3, -0.25) is 0 Å². The van der Waals surface area contributed by atoms with Gasteiger partial charge >= 0.3 is 12.4 Å². The first-order chi connectivity index (χ1) is 14.4. The van der Waals surface area contributed by atoms with Gasteiger partial charge < -0.3 is 10.6 Å². The summed E-state index contributed by atoms with van der Waals surface area (Å²) in [6.45, 7) is 3.61. The van der Waals surface area contributed by atoms with Gasteiger partial charge in [0.2, 0.25) is 0 Å². The fourth-order valence-electron chi connectivity index (χ4n) is 2.42. The van der Waals surface area contributed by atoms with E-state index in [1.54, 1.807) is 13.8 Å². The number of hydrogen-bond donors (Lipinski definition) is 2. The van der Waals surface area contributed by atoms with E-state index in [1.807, 2.05) is 0 Å². The number of alkyl halides is 6. The third-order valence-electron chi connectivity index (χ3n) is 3.64. The van der Waals surface area contributed by atoms with Crippen LogP contribution in [0.2, 0.25) is 0 Å². The Morgan fingerprint density at radius 2 is 1.45 bits per heavy atom. The normalized spacial score (nSPS) is 12.2. The predicted octanol–water partition coefficient (Wildman–Crippen LogP) is 4.93. The minimum Gasteiger partial charge on any atom is -0.368 e. The monoisotopic (exact) mass is 443 g/mol. The molecule has 31 heavy (non-hydrogen) atoms. The van der Waals surface area contributed by atoms with E-state index in [1.165, 1.54) is 12.1 Å². The van der Waals surface area contributed by atoms with Crippen LogP contribution in [0.3, 0.4) is 0 Å². The molecule has 3 aromatic heterocycles. The molecule has 0 aliphatic heterocycles. The zero-order chi connectivity index (χ0) is 22.8. The minimum absolute atomic E-state index is 0.000753. The van der Waals surface area contributed by atoms with E-state index in [9.17, 15) is 26.3 Å². The first-order valence-electron chi connectivity index (χ1n) is 8.78. The number of nitrogens with zero attached hydrogens (tertiary/aromatic N) is 5. The Morgan fingerprint density at radius 1 is 0.774 bits per heavy atom. The first-order valence-corrected chi connectivity index (χ1v) is 8.78. The van der Waals surface area contributed by atoms with Crippen molar-refractivity contribution in [1.82, 2.24) is 24.9 Å². The van der Waals surface area contributed by atoms with Gasteiger partial charge in [-0.2, -0.15) is 26.3 Å². The minimum atomic E-state index is -4.68. The molecule has 164 valence electrons. The highest BCUT2D eigenvalue weighted by atomic mass is 19.4. The Balaban J connectivity index is 2.02. The summed E-state index contributed by atoms with van der Waals surface area (Å²) in [5.74, 6) is -0.144. The molecule has 3 heterocycles. The maximum Gasteiger partial charge on any atom is 0.433 e. The maximum absolute atomic E-state index is 13.0. The Morgan fingerprint density at radius 3 is 2.10 bits per heavy atom. The van der Waals surface area contributed by atoms with E-state index in [0.29, 0.717) is 6.07 Å². The van der Waals surface area contributed by atoms with E-state index in [0.717, 1.165) is 18.5 Å². The summed E-state index contributed by atoms with van der Waals surface area (Å²) < 4.78 is 77.6. The van der Waals surface area contributed by atoms with Crippen LogP contribution in [-0.4, -0.2) is 31.0 Å². The van der Waals surface area contributed by atoms with Gasteiger partial charge in [-0.05, 0) is 26.0 Å². The highest BCUT2D eigenvalue weighted by Crippen LogP contribution is 2.31. The molecule has 3 rings (SSSR count). The van der Waals surface area contributed by atoms with Crippen LogP contribution in [0.5, 0.6) is 0 Å². The first kappa shape index (κ1) is 22.2. The Bertz CT molecular complexity index is 1070. The summed E-state index contributed by atoms with van der Waals surface area (Å²) in [5.41, 5.74) is -2.46. The summed E-state index contributed by atoms with van der Waals surface area (Å²) >= 11 is 0. The lowest BCUT2D eigenvalue weighted by molar-refractivity contribution is -0.141. The standard InChI is InChI=1S/C18H15F6N7/c1-9(2)27-14-7-15(29-13-6-12(18(22,23)24)25-8-26-13)31-16(30-14)10-4-3-5-11(28-10)17(19,20)21/h3-9H,1-2H3,(H2,25,26,27,29,30,31). The molecule has 0 amide bonds. The maximum atomic E-state index is 13.0. The number of nitrogens with one attached hydrogen (secondary N) is 2. The number of rotatable bonds is 5. The number of aromatic nitrogens is 5. The molecule has 2 N–H and O–H groups in total. The number of anilines is 3. The van der Waals surface area contributed by atoms with Gasteiger partial charge in [-0.15, -0.1) is 0 Å². The zero-order valence-electron chi connectivity index (χ0n) is 16.0. The molecule has 3 aromatic rings. The van der Waals surface area contributed by atoms with Gasteiger partial charge in [-0.1, -0.05) is 6.07 Å². The number of hydrogen-bond acceptors (Lipinski definition) is 7. The number of pyridine rings is 1. The van der Waals surface area contributed by atoms with E-state index >= 15 is 0 Å². The molecule has 0 radical (unpaired) electrons. The van der Waals surface area contributed by atoms with E-state index in [2.05, 4.69) is 35.6 Å². The fourth-order valence-corrected chi connectivity index (χ4v) is 2.42. The van der Waals surface area contributed by atoms with Crippen molar-refractivity contribution in [3.8, 4) is 11.5 Å². The van der Waals surface area contributed by atoms with Crippen molar-refractivity contribution in [2.24, 2.45) is 0 Å². The molecule has 0 saturated carbocycles. The Kier molecular flexibility index (Phi) is 5.95. The molecule has 0 spiro atoms. The van der Waals surface area contributed by atoms with E-state index in [-0.39, 0.29) is 35.0 Å². The van der Waals surface area contributed by atoms with Crippen LogP contribution in [-0.2, 0) is 12.4 Å². The van der Waals surface area contributed by atoms with Gasteiger partial charge in [0.15, 0.2) is 5.82 Å². The Labute approximate surface area is 172 Å². The average molecular weight is 443 g/mol. The SMILES string of the molecule is CC(C)Nc1cc(Nc2cc(C(F)(F)F)ncn2)nc(-c2cccc(C(F)(F)F)n2)n1. The van der Waals surface area contributed by atoms with Crippen molar-refractivity contribution in [2.45, 2.75) is 32.2 Å². The molecule has 0 fully saturated rings. The molecule has 0 aliphatic rings. The van der Waals surface area contributed by atoms with Crippen LogP contribution in [0.1, 0.15) is 25.2 Å². The smallest absolute Gasteiger partial charge is 0.368 e. The quantitative estimate of drug-likeness (QED) is 0.541. The number of halogens is 6. The third-order valence-corrected chi connectivity index (χ3v) is 3.64. The summed E-state index contributed by atoms with van der Waals surface area (Å²) in [4.78, 5) is 18.7. The summed E-state index contributed by atoms with van der Waals surface area (Å²) in [7, 11) is 0. The van der Waals surface area contributed by atoms with Crippen LogP contribution in [0, 0.1) is 0 Å². The molecule has 0 saturated heterocycles. The molecule has 0 aliphatic carbocycles. The second-order valence-corrected chi connectivity index (χ2v) is 6.58. The van der Waals surface area contributed by atoms with Crippen LogP contribution in [0.4, 0.5) is 43.8 Å². The van der Waals surface area contributed by atoms with Crippen molar-refractivity contribution in [2.75, 3.05) is 10.6 Å². The molecule has 0 aromatic carbocycles. The molecule has 0 unspecified atom stereocenters. The summed E-state index contributed by atoms with van der Waals surface area (Å²) in [6, 6.07) is 5.22. The van der Waals surface area contributed by atoms with Crippen molar-refractivity contribution in [3.63, 3.8) is 0 Å². The summed E-state index contributed by atoms with van der Waals surface area (Å²) in [6.07, 6.45) is -8.61. The zero-order valence-corrected chi connectivity index (χ0v) is 16.0. The average Bonchev–Trinajstić information content (AvgIpc) is 2.66. The lowest BCUT2D eigenvalue weighted by atomic mass is 10.2. The highest BCUT2D eigenvalue weighted by Gasteiger charge is 2.33. The molecule has 0 bridgehead atoms. The second kappa shape index (κ2) is 8.32. The molecular weight excluding hydrogens is 428 g/mol. The van der Waals surface area contributed by atoms with Gasteiger partial charge in [0.25, 0.3) is 0 Å². The molecule has 13 heteroatoms. The van der Waals surface area contributed by atoms with E-state index in [4.69, 9.17) is 0 Å². The van der Waals surface area contributed by atoms with Gasteiger partial charge in [-0.25, -0.2) is 24.9 Å². The fraction of sp³-hybridized carbons (Fsp3) is 0.278. The summed E-state index contributed by atoms with van der Waals surface area (Å²) in [5, 5.41) is 5.56. The van der Waals surface area contributed by atoms with Gasteiger partial charge in [0.05, 0.1) is 0 Å². The van der Waals surface area contributed by atoms with Crippen LogP contribution < -0.4 is 10.6 Å². The van der Waals surface area contributed by atoms with Crippen LogP contribution in [0.25, 0.3) is 11.5 Å². The van der Waals surface area contributed by atoms with Gasteiger partial charge in [0, 0.05) is 18.2 Å².